The van der Waals surface area contributed by atoms with Crippen LogP contribution in [0.25, 0.3) is 0 Å². The Hall–Kier alpha value is -2.37. The molecule has 0 aliphatic carbocycles. The minimum absolute atomic E-state index is 0.140. The molecule has 2 heterocycles. The summed E-state index contributed by atoms with van der Waals surface area (Å²) in [6, 6.07) is 4.51. The number of benzene rings is 1. The van der Waals surface area contributed by atoms with Crippen LogP contribution >= 0.6 is 0 Å². The highest BCUT2D eigenvalue weighted by molar-refractivity contribution is 5.95. The first kappa shape index (κ1) is 12.7. The van der Waals surface area contributed by atoms with Crippen molar-refractivity contribution in [2.45, 2.75) is 6.04 Å². The summed E-state index contributed by atoms with van der Waals surface area (Å²) in [6.07, 6.45) is 5.32. The van der Waals surface area contributed by atoms with Crippen molar-refractivity contribution in [3.05, 3.63) is 48.3 Å². The van der Waals surface area contributed by atoms with Crippen LogP contribution in [0.4, 0.5) is 4.39 Å². The molecule has 0 spiro atoms. The van der Waals surface area contributed by atoms with Crippen molar-refractivity contribution in [1.82, 2.24) is 14.5 Å². The first-order chi connectivity index (χ1) is 9.69. The van der Waals surface area contributed by atoms with E-state index in [0.29, 0.717) is 18.7 Å². The molecule has 1 amide bonds. The quantitative estimate of drug-likeness (QED) is 0.857. The van der Waals surface area contributed by atoms with Gasteiger partial charge in [0.25, 0.3) is 5.91 Å². The van der Waals surface area contributed by atoms with Gasteiger partial charge < -0.3 is 14.2 Å². The number of carbonyl (C=O) groups excluding carboxylic acids is 1. The zero-order valence-electron chi connectivity index (χ0n) is 11.0. The van der Waals surface area contributed by atoms with E-state index in [9.17, 15) is 9.18 Å². The van der Waals surface area contributed by atoms with E-state index >= 15 is 0 Å². The third kappa shape index (κ3) is 2.13. The Morgan fingerprint density at radius 3 is 2.85 bits per heavy atom. The zero-order valence-corrected chi connectivity index (χ0v) is 11.0. The minimum Gasteiger partial charge on any atom is -0.494 e. The van der Waals surface area contributed by atoms with Gasteiger partial charge in [-0.3, -0.25) is 4.79 Å². The maximum absolute atomic E-state index is 13.6. The van der Waals surface area contributed by atoms with Crippen molar-refractivity contribution in [1.29, 1.82) is 0 Å². The van der Waals surface area contributed by atoms with Crippen molar-refractivity contribution in [3.8, 4) is 5.75 Å². The van der Waals surface area contributed by atoms with Gasteiger partial charge in [-0.1, -0.05) is 0 Å². The predicted molar refractivity (Wildman–Crippen MR) is 70.1 cm³/mol. The molecular formula is C14H14FN3O2. The smallest absolute Gasteiger partial charge is 0.254 e. The number of rotatable bonds is 3. The first-order valence-electron chi connectivity index (χ1n) is 6.29. The average molecular weight is 275 g/mol. The first-order valence-corrected chi connectivity index (χ1v) is 6.29. The van der Waals surface area contributed by atoms with E-state index < -0.39 is 5.82 Å². The molecule has 6 heteroatoms. The van der Waals surface area contributed by atoms with E-state index in [0.717, 1.165) is 0 Å². The van der Waals surface area contributed by atoms with Crippen LogP contribution in [0.3, 0.4) is 0 Å². The number of imidazole rings is 1. The Morgan fingerprint density at radius 2 is 2.25 bits per heavy atom. The molecule has 5 nitrogen and oxygen atoms in total. The highest BCUT2D eigenvalue weighted by Crippen LogP contribution is 2.24. The van der Waals surface area contributed by atoms with Crippen molar-refractivity contribution < 1.29 is 13.9 Å². The van der Waals surface area contributed by atoms with E-state index in [2.05, 4.69) is 4.98 Å². The van der Waals surface area contributed by atoms with Crippen molar-refractivity contribution in [2.24, 2.45) is 0 Å². The molecule has 0 atom stereocenters. The maximum atomic E-state index is 13.6. The second-order valence-electron chi connectivity index (χ2n) is 4.72. The number of likely N-dealkylation sites (tertiary alicyclic amines) is 1. The van der Waals surface area contributed by atoms with E-state index in [4.69, 9.17) is 4.74 Å². The highest BCUT2D eigenvalue weighted by Gasteiger charge is 2.32. The Kier molecular flexibility index (Phi) is 3.14. The molecule has 0 saturated carbocycles. The molecule has 1 aromatic heterocycles. The van der Waals surface area contributed by atoms with Crippen molar-refractivity contribution >= 4 is 5.91 Å². The number of amides is 1. The van der Waals surface area contributed by atoms with Crippen LogP contribution in [0.5, 0.6) is 5.75 Å². The minimum atomic E-state index is -0.523. The molecular weight excluding hydrogens is 261 g/mol. The molecule has 1 aliphatic heterocycles. The van der Waals surface area contributed by atoms with Gasteiger partial charge in [0.05, 0.1) is 19.5 Å². The van der Waals surface area contributed by atoms with Gasteiger partial charge in [0.2, 0.25) is 0 Å². The number of ether oxygens (including phenoxy) is 1. The van der Waals surface area contributed by atoms with Crippen LogP contribution in [0.15, 0.2) is 36.9 Å². The Labute approximate surface area is 115 Å². The van der Waals surface area contributed by atoms with E-state index in [1.165, 1.54) is 19.2 Å². The average Bonchev–Trinajstić information content (AvgIpc) is 2.90. The largest absolute Gasteiger partial charge is 0.494 e. The van der Waals surface area contributed by atoms with Gasteiger partial charge >= 0.3 is 0 Å². The van der Waals surface area contributed by atoms with E-state index in [-0.39, 0.29) is 17.7 Å². The second kappa shape index (κ2) is 4.96. The third-order valence-electron chi connectivity index (χ3n) is 3.49. The van der Waals surface area contributed by atoms with Gasteiger partial charge in [-0.05, 0) is 18.2 Å². The number of hydrogen-bond donors (Lipinski definition) is 0. The number of carbonyl (C=O) groups is 1. The third-order valence-corrected chi connectivity index (χ3v) is 3.49. The van der Waals surface area contributed by atoms with Gasteiger partial charge in [-0.2, -0.15) is 0 Å². The van der Waals surface area contributed by atoms with Crippen LogP contribution in [0.1, 0.15) is 16.4 Å². The number of halogens is 1. The summed E-state index contributed by atoms with van der Waals surface area (Å²) >= 11 is 0. The number of methoxy groups -OCH3 is 1. The Balaban J connectivity index is 1.67. The summed E-state index contributed by atoms with van der Waals surface area (Å²) in [5.41, 5.74) is 0.340. The normalized spacial score (nSPS) is 15.0. The van der Waals surface area contributed by atoms with Gasteiger partial charge in [-0.15, -0.1) is 0 Å². The molecule has 1 saturated heterocycles. The molecule has 0 bridgehead atoms. The van der Waals surface area contributed by atoms with Gasteiger partial charge in [0.15, 0.2) is 11.6 Å². The lowest BCUT2D eigenvalue weighted by Crippen LogP contribution is -2.50. The van der Waals surface area contributed by atoms with Crippen LogP contribution in [0.2, 0.25) is 0 Å². The Bertz CT molecular complexity index is 621. The predicted octanol–water partition coefficient (Wildman–Crippen LogP) is 1.73. The summed E-state index contributed by atoms with van der Waals surface area (Å²) in [7, 11) is 1.39. The molecule has 3 rings (SSSR count). The van der Waals surface area contributed by atoms with Gasteiger partial charge in [0.1, 0.15) is 0 Å². The van der Waals surface area contributed by atoms with E-state index in [1.807, 2.05) is 10.8 Å². The summed E-state index contributed by atoms with van der Waals surface area (Å²) in [4.78, 5) is 17.9. The standard InChI is InChI=1S/C14H14FN3O2/c1-20-13-3-2-10(6-12(13)15)14(19)18-7-11(8-18)17-5-4-16-9-17/h2-6,9,11H,7-8H2,1H3. The zero-order chi connectivity index (χ0) is 14.1. The molecule has 0 radical (unpaired) electrons. The highest BCUT2D eigenvalue weighted by atomic mass is 19.1. The summed E-state index contributed by atoms with van der Waals surface area (Å²) in [6.45, 7) is 1.23. The fraction of sp³-hybridized carbons (Fsp3) is 0.286. The molecule has 1 fully saturated rings. The fourth-order valence-electron chi connectivity index (χ4n) is 2.28. The van der Waals surface area contributed by atoms with Crippen molar-refractivity contribution in [3.63, 3.8) is 0 Å². The number of hydrogen-bond acceptors (Lipinski definition) is 3. The van der Waals surface area contributed by atoms with Crippen LogP contribution < -0.4 is 4.74 Å². The van der Waals surface area contributed by atoms with Crippen LogP contribution in [-0.2, 0) is 0 Å². The molecule has 1 aromatic carbocycles. The van der Waals surface area contributed by atoms with Crippen molar-refractivity contribution in [2.75, 3.05) is 20.2 Å². The molecule has 1 aliphatic rings. The number of nitrogens with zero attached hydrogens (tertiary/aromatic N) is 3. The molecule has 104 valence electrons. The van der Waals surface area contributed by atoms with Crippen LogP contribution in [-0.4, -0.2) is 40.6 Å². The summed E-state index contributed by atoms with van der Waals surface area (Å²) in [5, 5.41) is 0. The second-order valence-corrected chi connectivity index (χ2v) is 4.72. The molecule has 0 unspecified atom stereocenters. The van der Waals surface area contributed by atoms with Crippen LogP contribution in [0, 0.1) is 5.82 Å². The fourth-order valence-corrected chi connectivity index (χ4v) is 2.28. The van der Waals surface area contributed by atoms with Gasteiger partial charge in [0, 0.05) is 31.0 Å². The monoisotopic (exact) mass is 275 g/mol. The summed E-state index contributed by atoms with van der Waals surface area (Å²) < 4.78 is 20.4. The SMILES string of the molecule is COc1ccc(C(=O)N2CC(n3ccnc3)C2)cc1F. The molecule has 0 N–H and O–H groups in total. The molecule has 2 aromatic rings. The topological polar surface area (TPSA) is 47.4 Å². The number of aromatic nitrogens is 2. The van der Waals surface area contributed by atoms with Gasteiger partial charge in [-0.25, -0.2) is 9.37 Å². The molecule has 20 heavy (non-hydrogen) atoms. The Morgan fingerprint density at radius 1 is 1.45 bits per heavy atom. The summed E-state index contributed by atoms with van der Waals surface area (Å²) in [5.74, 6) is -0.547. The lowest BCUT2D eigenvalue weighted by atomic mass is 10.1. The van der Waals surface area contributed by atoms with E-state index in [1.54, 1.807) is 23.5 Å². The maximum Gasteiger partial charge on any atom is 0.254 e. The lowest BCUT2D eigenvalue weighted by Gasteiger charge is -2.39. The lowest BCUT2D eigenvalue weighted by molar-refractivity contribution is 0.0520.